The summed E-state index contributed by atoms with van der Waals surface area (Å²) in [5.41, 5.74) is 4.52. The van der Waals surface area contributed by atoms with Crippen LogP contribution in [0.5, 0.6) is 0 Å². The number of hydrogen-bond donors (Lipinski definition) is 1. The highest BCUT2D eigenvalue weighted by Gasteiger charge is 2.56. The van der Waals surface area contributed by atoms with Crippen LogP contribution in [0.3, 0.4) is 0 Å². The predicted molar refractivity (Wildman–Crippen MR) is 135 cm³/mol. The highest BCUT2D eigenvalue weighted by Crippen LogP contribution is 2.59. The molecule has 1 aromatic carbocycles. The molecule has 0 atom stereocenters. The summed E-state index contributed by atoms with van der Waals surface area (Å²) in [5.74, 6) is 4.83. The highest BCUT2D eigenvalue weighted by atomic mass is 15.4. The van der Waals surface area contributed by atoms with Crippen LogP contribution in [0.25, 0.3) is 16.9 Å². The third-order valence-electron chi connectivity index (χ3n) is 8.61. The van der Waals surface area contributed by atoms with Crippen LogP contribution in [-0.4, -0.2) is 27.4 Å². The largest absolute Gasteiger partial charge is 0.325 e. The van der Waals surface area contributed by atoms with Crippen molar-refractivity contribution in [2.45, 2.75) is 63.8 Å². The normalized spacial score (nSPS) is 30.9. The summed E-state index contributed by atoms with van der Waals surface area (Å²) in [7, 11) is 0. The zero-order chi connectivity index (χ0) is 22.0. The Bertz CT molecular complexity index is 1200. The average Bonchev–Trinajstić information content (AvgIpc) is 3.11. The second kappa shape index (κ2) is 7.34. The fraction of sp³-hybridized carbons (Fsp3) is 0.500. The van der Waals surface area contributed by atoms with E-state index in [9.17, 15) is 0 Å². The number of guanidine groups is 1. The van der Waals surface area contributed by atoms with Gasteiger partial charge in [-0.15, -0.1) is 0 Å². The molecule has 1 N–H and O–H groups in total. The Balaban J connectivity index is 1.49. The fourth-order valence-corrected chi connectivity index (χ4v) is 7.69. The van der Waals surface area contributed by atoms with Crippen LogP contribution in [-0.2, 0) is 0 Å². The van der Waals surface area contributed by atoms with Gasteiger partial charge in [0.2, 0.25) is 5.96 Å². The van der Waals surface area contributed by atoms with Crippen molar-refractivity contribution in [2.24, 2.45) is 22.7 Å². The van der Waals surface area contributed by atoms with Crippen molar-refractivity contribution in [3.8, 4) is 11.3 Å². The lowest BCUT2D eigenvalue weighted by Crippen LogP contribution is -2.63. The number of pyridine rings is 1. The molecule has 0 amide bonds. The number of nitrogens with one attached hydrogen (secondary N) is 1. The van der Waals surface area contributed by atoms with Crippen LogP contribution >= 0.6 is 0 Å². The summed E-state index contributed by atoms with van der Waals surface area (Å²) >= 11 is 0. The lowest BCUT2D eigenvalue weighted by atomic mass is 9.52. The Morgan fingerprint density at radius 2 is 1.73 bits per heavy atom. The van der Waals surface area contributed by atoms with Crippen LogP contribution in [0.15, 0.2) is 53.7 Å². The van der Waals surface area contributed by atoms with Gasteiger partial charge in [0.25, 0.3) is 0 Å². The lowest BCUT2D eigenvalue weighted by molar-refractivity contribution is 0.00157. The molecule has 0 saturated heterocycles. The summed E-state index contributed by atoms with van der Waals surface area (Å²) in [6, 6.07) is 15.0. The first-order valence-corrected chi connectivity index (χ1v) is 12.9. The van der Waals surface area contributed by atoms with Crippen LogP contribution in [0.2, 0.25) is 0 Å². The number of aliphatic imine (C=N–C) groups is 1. The van der Waals surface area contributed by atoms with Gasteiger partial charge in [-0.3, -0.25) is 14.3 Å². The van der Waals surface area contributed by atoms with E-state index in [2.05, 4.69) is 70.2 Å². The molecule has 5 aliphatic rings. The minimum absolute atomic E-state index is 0.134. The van der Waals surface area contributed by atoms with Gasteiger partial charge in [0.05, 0.1) is 11.2 Å². The second-order valence-corrected chi connectivity index (χ2v) is 10.9. The molecule has 8 rings (SSSR count). The van der Waals surface area contributed by atoms with Gasteiger partial charge >= 0.3 is 0 Å². The first-order valence-electron chi connectivity index (χ1n) is 12.9. The van der Waals surface area contributed by atoms with Gasteiger partial charge in [0, 0.05) is 18.3 Å². The maximum atomic E-state index is 5.25. The van der Waals surface area contributed by atoms with Crippen LogP contribution in [0.1, 0.15) is 58.3 Å². The minimum Gasteiger partial charge on any atom is -0.325 e. The molecule has 0 unspecified atom stereocenters. The second-order valence-electron chi connectivity index (χ2n) is 10.9. The predicted octanol–water partition coefficient (Wildman–Crippen LogP) is 6.36. The van der Waals surface area contributed by atoms with Gasteiger partial charge in [0.15, 0.2) is 0 Å². The number of para-hydroxylation sites is 1. The van der Waals surface area contributed by atoms with Crippen molar-refractivity contribution >= 4 is 23.1 Å². The van der Waals surface area contributed by atoms with Gasteiger partial charge in [-0.05, 0) is 80.9 Å². The van der Waals surface area contributed by atoms with E-state index in [0.29, 0.717) is 0 Å². The number of benzene rings is 1. The zero-order valence-electron chi connectivity index (χ0n) is 19.5. The Morgan fingerprint density at radius 1 is 1.00 bits per heavy atom. The molecule has 4 aliphatic carbocycles. The quantitative estimate of drug-likeness (QED) is 0.481. The fourth-order valence-electron chi connectivity index (χ4n) is 7.69. The van der Waals surface area contributed by atoms with E-state index in [1.165, 1.54) is 49.9 Å². The molecular formula is C28H33N5. The SMILES string of the molecule is CCCCN=C1Nc2ccccc2-c2nc3ccccn3c2N1C12CC3CC(CC(C3)C1)C2. The molecule has 3 heterocycles. The molecule has 170 valence electrons. The Hall–Kier alpha value is -2.82. The minimum atomic E-state index is 0.134. The monoisotopic (exact) mass is 439 g/mol. The summed E-state index contributed by atoms with van der Waals surface area (Å²) in [4.78, 5) is 13.1. The molecule has 5 nitrogen and oxygen atoms in total. The number of rotatable bonds is 4. The molecule has 4 fully saturated rings. The van der Waals surface area contributed by atoms with Crippen LogP contribution < -0.4 is 10.2 Å². The lowest BCUT2D eigenvalue weighted by Gasteiger charge is -2.60. The number of anilines is 2. The molecule has 1 aliphatic heterocycles. The Labute approximate surface area is 195 Å². The molecule has 0 radical (unpaired) electrons. The standard InChI is InChI=1S/C28H33N5/c1-2-3-11-29-27-30-23-9-5-4-8-22(23)25-26(32-12-7-6-10-24(32)31-25)33(27)28-16-19-13-20(17-28)15-21(14-19)18-28/h4-10,12,19-21H,2-3,11,13-18H2,1H3,(H,29,30). The number of fused-ring (bicyclic) bond motifs is 5. The Kier molecular flexibility index (Phi) is 4.37. The highest BCUT2D eigenvalue weighted by molar-refractivity contribution is 6.12. The molecule has 5 heteroatoms. The van der Waals surface area contributed by atoms with Gasteiger partial charge < -0.3 is 5.32 Å². The van der Waals surface area contributed by atoms with E-state index < -0.39 is 0 Å². The van der Waals surface area contributed by atoms with Gasteiger partial charge in [-0.1, -0.05) is 37.6 Å². The molecule has 3 aromatic rings. The number of unbranched alkanes of at least 4 members (excludes halogenated alkanes) is 1. The molecule has 33 heavy (non-hydrogen) atoms. The molecule has 2 aromatic heterocycles. The Morgan fingerprint density at radius 3 is 2.48 bits per heavy atom. The third kappa shape index (κ3) is 2.97. The number of hydrogen-bond acceptors (Lipinski definition) is 2. The van der Waals surface area contributed by atoms with Crippen molar-refractivity contribution in [3.63, 3.8) is 0 Å². The van der Waals surface area contributed by atoms with Crippen molar-refractivity contribution in [1.82, 2.24) is 9.38 Å². The topological polar surface area (TPSA) is 44.9 Å². The van der Waals surface area contributed by atoms with Gasteiger partial charge in [-0.2, -0.15) is 0 Å². The summed E-state index contributed by atoms with van der Waals surface area (Å²) < 4.78 is 2.31. The van der Waals surface area contributed by atoms with E-state index in [4.69, 9.17) is 9.98 Å². The smallest absolute Gasteiger partial charge is 0.204 e. The summed E-state index contributed by atoms with van der Waals surface area (Å²) in [5, 5.41) is 3.81. The van der Waals surface area contributed by atoms with Crippen LogP contribution in [0.4, 0.5) is 11.5 Å². The molecule has 4 saturated carbocycles. The average molecular weight is 440 g/mol. The van der Waals surface area contributed by atoms with Crippen molar-refractivity contribution in [2.75, 3.05) is 16.8 Å². The maximum Gasteiger partial charge on any atom is 0.204 e. The van der Waals surface area contributed by atoms with E-state index in [1.54, 1.807) is 0 Å². The molecular weight excluding hydrogens is 406 g/mol. The van der Waals surface area contributed by atoms with E-state index in [0.717, 1.165) is 60.1 Å². The molecule has 4 bridgehead atoms. The summed E-state index contributed by atoms with van der Waals surface area (Å²) in [6.45, 7) is 3.10. The van der Waals surface area contributed by atoms with E-state index >= 15 is 0 Å². The first kappa shape index (κ1) is 19.6. The van der Waals surface area contributed by atoms with Crippen LogP contribution in [0, 0.1) is 17.8 Å². The van der Waals surface area contributed by atoms with Crippen molar-refractivity contribution < 1.29 is 0 Å². The molecule has 0 spiro atoms. The maximum absolute atomic E-state index is 5.25. The number of nitrogens with zero attached hydrogens (tertiary/aromatic N) is 4. The third-order valence-corrected chi connectivity index (χ3v) is 8.61. The van der Waals surface area contributed by atoms with Crippen molar-refractivity contribution in [1.29, 1.82) is 0 Å². The van der Waals surface area contributed by atoms with Gasteiger partial charge in [-0.25, -0.2) is 4.98 Å². The number of aromatic nitrogens is 2. The zero-order valence-corrected chi connectivity index (χ0v) is 19.5. The summed E-state index contributed by atoms with van der Waals surface area (Å²) in [6.07, 6.45) is 12.6. The van der Waals surface area contributed by atoms with Gasteiger partial charge in [0.1, 0.15) is 17.2 Å². The van der Waals surface area contributed by atoms with E-state index in [-0.39, 0.29) is 5.54 Å². The van der Waals surface area contributed by atoms with Crippen molar-refractivity contribution in [3.05, 3.63) is 48.7 Å². The first-order chi connectivity index (χ1) is 16.2. The number of imidazole rings is 1. The van der Waals surface area contributed by atoms with E-state index in [1.807, 2.05) is 0 Å².